The molecule has 7 atom stereocenters. The van der Waals surface area contributed by atoms with Gasteiger partial charge in [0.2, 0.25) is 0 Å². The number of fused-ring (bicyclic) bond motifs is 5. The van der Waals surface area contributed by atoms with Gasteiger partial charge in [-0.1, -0.05) is 19.4 Å². The fourth-order valence-electron chi connectivity index (χ4n) is 6.93. The minimum atomic E-state index is -0.128. The van der Waals surface area contributed by atoms with Crippen LogP contribution in [0.3, 0.4) is 0 Å². The van der Waals surface area contributed by atoms with Gasteiger partial charge in [-0.15, -0.1) is 0 Å². The van der Waals surface area contributed by atoms with Crippen molar-refractivity contribution in [3.8, 4) is 0 Å². The van der Waals surface area contributed by atoms with Crippen LogP contribution in [0.25, 0.3) is 0 Å². The molecule has 0 unspecified atom stereocenters. The zero-order valence-corrected chi connectivity index (χ0v) is 15.2. The summed E-state index contributed by atoms with van der Waals surface area (Å²) in [7, 11) is 0. The highest BCUT2D eigenvalue weighted by molar-refractivity contribution is 5.91. The SMILES string of the molecule is CC(=O)O[C@@H]1CC[C@@H]2[C@H]3[C@@H](CC[C@@]21C)[C@H]1CCC(=O)C=C1C[C@H]3C. The zero-order valence-electron chi connectivity index (χ0n) is 15.2. The summed E-state index contributed by atoms with van der Waals surface area (Å²) in [5.74, 6) is 3.64. The molecular formula is C21H30O3. The molecule has 0 heterocycles. The minimum Gasteiger partial charge on any atom is -0.462 e. The van der Waals surface area contributed by atoms with E-state index in [2.05, 4.69) is 13.8 Å². The van der Waals surface area contributed by atoms with E-state index in [-0.39, 0.29) is 17.5 Å². The number of allylic oxidation sites excluding steroid dienone is 1. The summed E-state index contributed by atoms with van der Waals surface area (Å²) in [5, 5.41) is 0. The van der Waals surface area contributed by atoms with Gasteiger partial charge >= 0.3 is 5.97 Å². The molecule has 0 aliphatic heterocycles. The Morgan fingerprint density at radius 2 is 2.04 bits per heavy atom. The number of hydrogen-bond acceptors (Lipinski definition) is 3. The summed E-state index contributed by atoms with van der Waals surface area (Å²) < 4.78 is 5.72. The molecule has 0 N–H and O–H groups in total. The Labute approximate surface area is 145 Å². The van der Waals surface area contributed by atoms with Crippen molar-refractivity contribution >= 4 is 11.8 Å². The zero-order chi connectivity index (χ0) is 17.1. The standard InChI is InChI=1S/C21H30O3/c1-12-10-14-11-15(23)4-5-16(14)17-8-9-21(3)18(20(12)17)6-7-19(21)24-13(2)22/h11-12,16-20H,4-10H2,1-3H3/t12-,16+,17+,18-,19-,20-,21+/m1/s1. The van der Waals surface area contributed by atoms with Crippen LogP contribution in [0, 0.1) is 35.0 Å². The summed E-state index contributed by atoms with van der Waals surface area (Å²) in [5.41, 5.74) is 1.60. The first-order chi connectivity index (χ1) is 11.4. The van der Waals surface area contributed by atoms with Gasteiger partial charge in [-0.3, -0.25) is 9.59 Å². The van der Waals surface area contributed by atoms with Gasteiger partial charge in [-0.25, -0.2) is 0 Å². The van der Waals surface area contributed by atoms with E-state index in [4.69, 9.17) is 4.74 Å². The molecule has 0 aromatic rings. The minimum absolute atomic E-state index is 0.109. The predicted octanol–water partition coefficient (Wildman–Crippen LogP) is 4.31. The molecule has 24 heavy (non-hydrogen) atoms. The monoisotopic (exact) mass is 330 g/mol. The van der Waals surface area contributed by atoms with Crippen LogP contribution in [0.2, 0.25) is 0 Å². The van der Waals surface area contributed by atoms with Crippen molar-refractivity contribution in [3.05, 3.63) is 11.6 Å². The molecular weight excluding hydrogens is 300 g/mol. The van der Waals surface area contributed by atoms with Gasteiger partial charge in [0.25, 0.3) is 0 Å². The fourth-order valence-corrected chi connectivity index (χ4v) is 6.93. The second kappa shape index (κ2) is 5.71. The topological polar surface area (TPSA) is 43.4 Å². The number of rotatable bonds is 1. The normalized spacial score (nSPS) is 47.3. The van der Waals surface area contributed by atoms with Gasteiger partial charge in [-0.05, 0) is 74.2 Å². The maximum absolute atomic E-state index is 11.8. The predicted molar refractivity (Wildman–Crippen MR) is 92.2 cm³/mol. The number of carbonyl (C=O) groups is 2. The highest BCUT2D eigenvalue weighted by Gasteiger charge is 2.58. The lowest BCUT2D eigenvalue weighted by molar-refractivity contribution is -0.157. The van der Waals surface area contributed by atoms with Crippen molar-refractivity contribution < 1.29 is 14.3 Å². The Morgan fingerprint density at radius 1 is 1.25 bits per heavy atom. The lowest BCUT2D eigenvalue weighted by Gasteiger charge is -2.55. The first-order valence-corrected chi connectivity index (χ1v) is 9.80. The van der Waals surface area contributed by atoms with Crippen molar-refractivity contribution in [3.63, 3.8) is 0 Å². The van der Waals surface area contributed by atoms with Gasteiger partial charge in [0, 0.05) is 18.8 Å². The molecule has 4 aliphatic carbocycles. The molecule has 4 aliphatic rings. The average molecular weight is 330 g/mol. The fraction of sp³-hybridized carbons (Fsp3) is 0.810. The van der Waals surface area contributed by atoms with E-state index in [1.165, 1.54) is 24.8 Å². The molecule has 132 valence electrons. The molecule has 0 saturated heterocycles. The Balaban J connectivity index is 1.62. The van der Waals surface area contributed by atoms with Crippen LogP contribution in [0.4, 0.5) is 0 Å². The van der Waals surface area contributed by atoms with Gasteiger partial charge in [0.15, 0.2) is 5.78 Å². The first kappa shape index (κ1) is 16.4. The van der Waals surface area contributed by atoms with Crippen LogP contribution in [0.15, 0.2) is 11.6 Å². The Morgan fingerprint density at radius 3 is 2.79 bits per heavy atom. The Bertz CT molecular complexity index is 592. The molecule has 3 fully saturated rings. The van der Waals surface area contributed by atoms with Crippen molar-refractivity contribution in [2.24, 2.45) is 35.0 Å². The third-order valence-electron chi connectivity index (χ3n) is 7.86. The lowest BCUT2D eigenvalue weighted by atomic mass is 9.49. The van der Waals surface area contributed by atoms with Gasteiger partial charge in [0.1, 0.15) is 6.10 Å². The molecule has 4 rings (SSSR count). The molecule has 0 spiro atoms. The van der Waals surface area contributed by atoms with Crippen LogP contribution >= 0.6 is 0 Å². The molecule has 0 aromatic carbocycles. The third kappa shape index (κ3) is 2.38. The highest BCUT2D eigenvalue weighted by Crippen LogP contribution is 2.63. The lowest BCUT2D eigenvalue weighted by Crippen LogP contribution is -2.50. The van der Waals surface area contributed by atoms with Crippen LogP contribution in [0.1, 0.15) is 65.7 Å². The molecule has 3 nitrogen and oxygen atoms in total. The summed E-state index contributed by atoms with van der Waals surface area (Å²) in [6, 6.07) is 0. The molecule has 0 aromatic heterocycles. The number of hydrogen-bond donors (Lipinski definition) is 0. The van der Waals surface area contributed by atoms with Crippen molar-refractivity contribution in [2.75, 3.05) is 0 Å². The van der Waals surface area contributed by atoms with E-state index >= 15 is 0 Å². The van der Waals surface area contributed by atoms with Crippen LogP contribution in [-0.2, 0) is 14.3 Å². The van der Waals surface area contributed by atoms with Crippen LogP contribution < -0.4 is 0 Å². The highest BCUT2D eigenvalue weighted by atomic mass is 16.5. The van der Waals surface area contributed by atoms with E-state index < -0.39 is 0 Å². The van der Waals surface area contributed by atoms with E-state index in [1.54, 1.807) is 6.92 Å². The van der Waals surface area contributed by atoms with Gasteiger partial charge in [0.05, 0.1) is 0 Å². The summed E-state index contributed by atoms with van der Waals surface area (Å²) in [6.45, 7) is 6.30. The summed E-state index contributed by atoms with van der Waals surface area (Å²) >= 11 is 0. The third-order valence-corrected chi connectivity index (χ3v) is 7.86. The first-order valence-electron chi connectivity index (χ1n) is 9.80. The van der Waals surface area contributed by atoms with E-state index in [9.17, 15) is 9.59 Å². The van der Waals surface area contributed by atoms with E-state index in [0.29, 0.717) is 23.5 Å². The number of carbonyl (C=O) groups excluding carboxylic acids is 2. The summed E-state index contributed by atoms with van der Waals surface area (Å²) in [6.07, 6.45) is 9.62. The van der Waals surface area contributed by atoms with E-state index in [0.717, 1.165) is 37.5 Å². The van der Waals surface area contributed by atoms with Crippen LogP contribution in [0.5, 0.6) is 0 Å². The second-order valence-electron chi connectivity index (χ2n) is 9.08. The molecule has 0 bridgehead atoms. The maximum atomic E-state index is 11.8. The largest absolute Gasteiger partial charge is 0.462 e. The number of esters is 1. The van der Waals surface area contributed by atoms with Gasteiger partial charge in [-0.2, -0.15) is 0 Å². The number of ether oxygens (including phenoxy) is 1. The molecule has 3 saturated carbocycles. The van der Waals surface area contributed by atoms with Crippen molar-refractivity contribution in [1.82, 2.24) is 0 Å². The Hall–Kier alpha value is -1.12. The average Bonchev–Trinajstić information content (AvgIpc) is 2.83. The van der Waals surface area contributed by atoms with Crippen LogP contribution in [-0.4, -0.2) is 17.9 Å². The van der Waals surface area contributed by atoms with Crippen molar-refractivity contribution in [1.29, 1.82) is 0 Å². The van der Waals surface area contributed by atoms with E-state index in [1.807, 2.05) is 6.08 Å². The van der Waals surface area contributed by atoms with Crippen molar-refractivity contribution in [2.45, 2.75) is 71.8 Å². The molecule has 0 amide bonds. The second-order valence-corrected chi connectivity index (χ2v) is 9.08. The van der Waals surface area contributed by atoms with Gasteiger partial charge < -0.3 is 4.74 Å². The number of ketones is 1. The summed E-state index contributed by atoms with van der Waals surface area (Å²) in [4.78, 5) is 23.4. The Kier molecular flexibility index (Phi) is 3.89. The quantitative estimate of drug-likeness (QED) is 0.673. The molecule has 0 radical (unpaired) electrons. The maximum Gasteiger partial charge on any atom is 0.302 e. The smallest absolute Gasteiger partial charge is 0.302 e. The molecule has 3 heteroatoms.